The molecular formula is C15H14BrF2NO2. The minimum atomic E-state index is -0.855. The van der Waals surface area contributed by atoms with Crippen molar-refractivity contribution in [1.29, 1.82) is 0 Å². The number of hydrogen-bond acceptors (Lipinski definition) is 3. The number of aliphatic hydroxyl groups is 1. The van der Waals surface area contributed by atoms with Crippen LogP contribution in [0.4, 0.5) is 14.5 Å². The highest BCUT2D eigenvalue weighted by Gasteiger charge is 2.08. The molecule has 0 saturated heterocycles. The van der Waals surface area contributed by atoms with E-state index in [2.05, 4.69) is 21.2 Å². The molecule has 6 heteroatoms. The van der Waals surface area contributed by atoms with E-state index >= 15 is 0 Å². The number of aliphatic hydroxyl groups excluding tert-OH is 1. The Kier molecular flexibility index (Phi) is 5.52. The van der Waals surface area contributed by atoms with Crippen molar-refractivity contribution < 1.29 is 18.6 Å². The van der Waals surface area contributed by atoms with Crippen molar-refractivity contribution in [2.75, 3.05) is 18.5 Å². The average molecular weight is 358 g/mol. The Bertz CT molecular complexity index is 610. The lowest BCUT2D eigenvalue weighted by atomic mass is 10.2. The van der Waals surface area contributed by atoms with Crippen LogP contribution in [-0.4, -0.2) is 24.4 Å². The summed E-state index contributed by atoms with van der Waals surface area (Å²) in [6, 6.07) is 10.3. The van der Waals surface area contributed by atoms with Crippen LogP contribution in [0.5, 0.6) is 5.75 Å². The Morgan fingerprint density at radius 1 is 1.19 bits per heavy atom. The van der Waals surface area contributed by atoms with Gasteiger partial charge in [-0.1, -0.05) is 22.0 Å². The summed E-state index contributed by atoms with van der Waals surface area (Å²) in [4.78, 5) is 0. The zero-order valence-corrected chi connectivity index (χ0v) is 12.6. The van der Waals surface area contributed by atoms with Crippen LogP contribution >= 0.6 is 15.9 Å². The van der Waals surface area contributed by atoms with Crippen LogP contribution in [0.1, 0.15) is 0 Å². The standard InChI is InChI=1S/C15H14BrF2NO2/c16-10-2-1-3-13(6-10)21-9-12(20)8-19-15-7-11(17)4-5-14(15)18/h1-7,12,19-20H,8-9H2. The molecule has 0 aliphatic heterocycles. The molecule has 112 valence electrons. The maximum Gasteiger partial charge on any atom is 0.146 e. The van der Waals surface area contributed by atoms with E-state index in [1.165, 1.54) is 0 Å². The van der Waals surface area contributed by atoms with E-state index in [0.717, 1.165) is 22.7 Å². The summed E-state index contributed by atoms with van der Waals surface area (Å²) in [5.74, 6) is -0.504. The van der Waals surface area contributed by atoms with E-state index in [1.807, 2.05) is 12.1 Å². The van der Waals surface area contributed by atoms with Gasteiger partial charge in [0, 0.05) is 11.0 Å². The first-order chi connectivity index (χ1) is 10.0. The molecule has 0 radical (unpaired) electrons. The minimum absolute atomic E-state index is 0.0107. The van der Waals surface area contributed by atoms with Crippen molar-refractivity contribution >= 4 is 21.6 Å². The third-order valence-corrected chi connectivity index (χ3v) is 3.19. The van der Waals surface area contributed by atoms with Crippen LogP contribution in [0.2, 0.25) is 0 Å². The van der Waals surface area contributed by atoms with Crippen molar-refractivity contribution in [2.24, 2.45) is 0 Å². The second kappa shape index (κ2) is 7.38. The molecule has 0 aromatic heterocycles. The van der Waals surface area contributed by atoms with Crippen LogP contribution < -0.4 is 10.1 Å². The van der Waals surface area contributed by atoms with Crippen molar-refractivity contribution in [3.8, 4) is 5.75 Å². The largest absolute Gasteiger partial charge is 0.491 e. The fourth-order valence-electron chi connectivity index (χ4n) is 1.67. The van der Waals surface area contributed by atoms with Gasteiger partial charge in [0.2, 0.25) is 0 Å². The van der Waals surface area contributed by atoms with Crippen LogP contribution in [0, 0.1) is 11.6 Å². The number of hydrogen-bond donors (Lipinski definition) is 2. The maximum absolute atomic E-state index is 13.4. The summed E-state index contributed by atoms with van der Waals surface area (Å²) >= 11 is 3.31. The van der Waals surface area contributed by atoms with E-state index in [4.69, 9.17) is 4.74 Å². The van der Waals surface area contributed by atoms with Gasteiger partial charge in [0.15, 0.2) is 0 Å². The van der Waals surface area contributed by atoms with Gasteiger partial charge < -0.3 is 15.2 Å². The van der Waals surface area contributed by atoms with Gasteiger partial charge in [-0.3, -0.25) is 0 Å². The molecule has 2 N–H and O–H groups in total. The van der Waals surface area contributed by atoms with Gasteiger partial charge >= 0.3 is 0 Å². The van der Waals surface area contributed by atoms with Gasteiger partial charge in [0.25, 0.3) is 0 Å². The Morgan fingerprint density at radius 3 is 2.76 bits per heavy atom. The third kappa shape index (κ3) is 4.99. The summed E-state index contributed by atoms with van der Waals surface area (Å²) in [6.45, 7) is 0.0920. The highest BCUT2D eigenvalue weighted by atomic mass is 79.9. The molecule has 0 aliphatic rings. The first-order valence-corrected chi connectivity index (χ1v) is 7.09. The lowest BCUT2D eigenvalue weighted by Crippen LogP contribution is -2.26. The molecule has 0 saturated carbocycles. The van der Waals surface area contributed by atoms with Crippen LogP contribution in [0.25, 0.3) is 0 Å². The fourth-order valence-corrected chi connectivity index (χ4v) is 2.05. The average Bonchev–Trinajstić information content (AvgIpc) is 2.46. The van der Waals surface area contributed by atoms with Gasteiger partial charge in [0.05, 0.1) is 5.69 Å². The second-order valence-electron chi connectivity index (χ2n) is 4.43. The van der Waals surface area contributed by atoms with Crippen LogP contribution in [-0.2, 0) is 0 Å². The maximum atomic E-state index is 13.4. The Balaban J connectivity index is 1.82. The molecule has 1 unspecified atom stereocenters. The molecule has 3 nitrogen and oxygen atoms in total. The molecule has 21 heavy (non-hydrogen) atoms. The fraction of sp³-hybridized carbons (Fsp3) is 0.200. The molecule has 2 aromatic carbocycles. The number of benzene rings is 2. The highest BCUT2D eigenvalue weighted by Crippen LogP contribution is 2.18. The zero-order valence-electron chi connectivity index (χ0n) is 11.0. The van der Waals surface area contributed by atoms with Gasteiger partial charge in [-0.25, -0.2) is 8.78 Å². The zero-order chi connectivity index (χ0) is 15.2. The Hall–Kier alpha value is -1.66. The Morgan fingerprint density at radius 2 is 2.00 bits per heavy atom. The first kappa shape index (κ1) is 15.7. The quantitative estimate of drug-likeness (QED) is 0.830. The summed E-state index contributed by atoms with van der Waals surface area (Å²) in [5.41, 5.74) is 0.0107. The molecule has 1 atom stereocenters. The smallest absolute Gasteiger partial charge is 0.146 e. The summed E-state index contributed by atoms with van der Waals surface area (Å²) in [7, 11) is 0. The SMILES string of the molecule is OC(CNc1cc(F)ccc1F)COc1cccc(Br)c1. The normalized spacial score (nSPS) is 12.0. The van der Waals surface area contributed by atoms with E-state index < -0.39 is 17.7 Å². The molecule has 0 aliphatic carbocycles. The van der Waals surface area contributed by atoms with Crippen molar-refractivity contribution in [3.63, 3.8) is 0 Å². The van der Waals surface area contributed by atoms with Crippen LogP contribution in [0.3, 0.4) is 0 Å². The molecule has 0 heterocycles. The topological polar surface area (TPSA) is 41.5 Å². The number of ether oxygens (including phenoxy) is 1. The van der Waals surface area contributed by atoms with Gasteiger partial charge in [-0.2, -0.15) is 0 Å². The molecule has 0 bridgehead atoms. The van der Waals surface area contributed by atoms with Crippen molar-refractivity contribution in [2.45, 2.75) is 6.10 Å². The monoisotopic (exact) mass is 357 g/mol. The minimum Gasteiger partial charge on any atom is -0.491 e. The molecule has 2 aromatic rings. The third-order valence-electron chi connectivity index (χ3n) is 2.70. The highest BCUT2D eigenvalue weighted by molar-refractivity contribution is 9.10. The summed E-state index contributed by atoms with van der Waals surface area (Å²) < 4.78 is 32.6. The Labute approximate surface area is 129 Å². The molecule has 0 fully saturated rings. The molecule has 2 rings (SSSR count). The van der Waals surface area contributed by atoms with E-state index in [0.29, 0.717) is 5.75 Å². The molecule has 0 spiro atoms. The van der Waals surface area contributed by atoms with Gasteiger partial charge in [-0.05, 0) is 36.4 Å². The molecular weight excluding hydrogens is 344 g/mol. The summed E-state index contributed by atoms with van der Waals surface area (Å²) in [6.07, 6.45) is -0.855. The van der Waals surface area contributed by atoms with E-state index in [-0.39, 0.29) is 18.8 Å². The number of rotatable bonds is 6. The lowest BCUT2D eigenvalue weighted by Gasteiger charge is -2.14. The first-order valence-electron chi connectivity index (χ1n) is 6.30. The predicted molar refractivity (Wildman–Crippen MR) is 80.5 cm³/mol. The lowest BCUT2D eigenvalue weighted by molar-refractivity contribution is 0.117. The van der Waals surface area contributed by atoms with Crippen LogP contribution in [0.15, 0.2) is 46.9 Å². The second-order valence-corrected chi connectivity index (χ2v) is 5.34. The van der Waals surface area contributed by atoms with Crippen molar-refractivity contribution in [3.05, 3.63) is 58.6 Å². The van der Waals surface area contributed by atoms with Gasteiger partial charge in [-0.15, -0.1) is 0 Å². The number of halogens is 3. The number of nitrogens with one attached hydrogen (secondary N) is 1. The van der Waals surface area contributed by atoms with E-state index in [9.17, 15) is 13.9 Å². The van der Waals surface area contributed by atoms with Crippen molar-refractivity contribution in [1.82, 2.24) is 0 Å². The van der Waals surface area contributed by atoms with E-state index in [1.54, 1.807) is 12.1 Å². The molecule has 0 amide bonds. The van der Waals surface area contributed by atoms with Gasteiger partial charge in [0.1, 0.15) is 30.1 Å². The number of anilines is 1. The predicted octanol–water partition coefficient (Wildman–Crippen LogP) is 3.58. The summed E-state index contributed by atoms with van der Waals surface area (Å²) in [5, 5.41) is 12.4.